The van der Waals surface area contributed by atoms with Crippen molar-refractivity contribution in [3.63, 3.8) is 0 Å². The number of hydrogen-bond donors (Lipinski definition) is 2. The van der Waals surface area contributed by atoms with Crippen molar-refractivity contribution in [2.24, 2.45) is 0 Å². The predicted molar refractivity (Wildman–Crippen MR) is 127 cm³/mol. The van der Waals surface area contributed by atoms with E-state index >= 15 is 0 Å². The van der Waals surface area contributed by atoms with Gasteiger partial charge in [-0.25, -0.2) is 15.1 Å². The van der Waals surface area contributed by atoms with E-state index < -0.39 is 47.0 Å². The van der Waals surface area contributed by atoms with E-state index in [2.05, 4.69) is 20.4 Å². The molecule has 17 heteroatoms. The van der Waals surface area contributed by atoms with Crippen LogP contribution < -0.4 is 15.8 Å². The first-order valence-electron chi connectivity index (χ1n) is 12.3. The molecule has 4 rings (SSSR count). The molecule has 4 heterocycles. The first-order valence-corrected chi connectivity index (χ1v) is 12.3. The number of likely N-dealkylation sites (tertiary alicyclic amines) is 1. The Balaban J connectivity index is 1.31. The number of methoxy groups -OCH3 is 1. The van der Waals surface area contributed by atoms with Gasteiger partial charge in [-0.1, -0.05) is 0 Å². The molecule has 220 valence electrons. The average Bonchev–Trinajstić information content (AvgIpc) is 3.26. The van der Waals surface area contributed by atoms with E-state index in [4.69, 9.17) is 9.47 Å². The maximum absolute atomic E-state index is 13.4. The topological polar surface area (TPSA) is 126 Å². The second-order valence-electron chi connectivity index (χ2n) is 9.40. The molecule has 40 heavy (non-hydrogen) atoms. The number of carbonyl (C=O) groups is 1. The van der Waals surface area contributed by atoms with Gasteiger partial charge >= 0.3 is 12.4 Å². The molecule has 0 bridgehead atoms. The molecule has 2 aliphatic heterocycles. The van der Waals surface area contributed by atoms with E-state index in [1.165, 1.54) is 7.11 Å². The van der Waals surface area contributed by atoms with Gasteiger partial charge in [0.05, 0.1) is 43.5 Å². The van der Waals surface area contributed by atoms with Crippen LogP contribution in [0.15, 0.2) is 23.4 Å². The monoisotopic (exact) mass is 579 g/mol. The molecule has 2 saturated heterocycles. The second-order valence-corrected chi connectivity index (χ2v) is 9.40. The van der Waals surface area contributed by atoms with Gasteiger partial charge in [0.1, 0.15) is 17.5 Å². The smallest absolute Gasteiger partial charge is 0.382 e. The number of amides is 1. The van der Waals surface area contributed by atoms with Crippen LogP contribution in [-0.4, -0.2) is 89.1 Å². The van der Waals surface area contributed by atoms with Gasteiger partial charge in [-0.05, 0) is 12.8 Å². The molecule has 0 spiro atoms. The molecule has 0 radical (unpaired) electrons. The van der Waals surface area contributed by atoms with Crippen LogP contribution in [0.4, 0.5) is 37.8 Å². The van der Waals surface area contributed by atoms with Crippen molar-refractivity contribution in [3.05, 3.63) is 40.2 Å². The Morgan fingerprint density at radius 3 is 2.33 bits per heavy atom. The molecule has 2 atom stereocenters. The molecule has 2 fully saturated rings. The minimum atomic E-state index is -4.92. The van der Waals surface area contributed by atoms with Crippen molar-refractivity contribution in [1.29, 1.82) is 0 Å². The summed E-state index contributed by atoms with van der Waals surface area (Å²) in [5.41, 5.74) is -4.43. The van der Waals surface area contributed by atoms with Crippen LogP contribution >= 0.6 is 0 Å². The van der Waals surface area contributed by atoms with Gasteiger partial charge in [0, 0.05) is 39.2 Å². The molecular weight excluding hydrogens is 552 g/mol. The minimum Gasteiger partial charge on any atom is -0.382 e. The van der Waals surface area contributed by atoms with Gasteiger partial charge in [-0.2, -0.15) is 31.4 Å². The number of aromatic amines is 1. The van der Waals surface area contributed by atoms with Crippen LogP contribution in [0.1, 0.15) is 30.5 Å². The summed E-state index contributed by atoms with van der Waals surface area (Å²) in [5, 5.41) is 7.77. The lowest BCUT2D eigenvalue weighted by atomic mass is 10.0. The zero-order valence-electron chi connectivity index (χ0n) is 21.3. The Morgan fingerprint density at radius 1 is 1.00 bits per heavy atom. The number of halogens is 6. The van der Waals surface area contributed by atoms with Crippen LogP contribution in [0, 0.1) is 0 Å². The number of ether oxygens (including phenoxy) is 2. The van der Waals surface area contributed by atoms with E-state index in [0.717, 1.165) is 12.4 Å². The SMILES string of the molecule is COC[C@@H](CO[C@H]1CCN(C2CCN(c3cnc(C(F)(F)F)cn3)CC2)C1=O)Nc1cn[nH]c(=O)c1C(F)(F)F. The maximum Gasteiger partial charge on any atom is 0.434 e. The Bertz CT molecular complexity index is 1220. The van der Waals surface area contributed by atoms with Crippen molar-refractivity contribution in [2.75, 3.05) is 50.2 Å². The molecule has 1 amide bonds. The molecule has 2 aliphatic rings. The van der Waals surface area contributed by atoms with E-state index in [-0.39, 0.29) is 25.2 Å². The number of nitrogens with zero attached hydrogens (tertiary/aromatic N) is 5. The lowest BCUT2D eigenvalue weighted by Gasteiger charge is -2.37. The molecule has 0 aromatic carbocycles. The van der Waals surface area contributed by atoms with Crippen LogP contribution in [-0.2, 0) is 26.6 Å². The third-order valence-corrected chi connectivity index (χ3v) is 6.71. The third kappa shape index (κ3) is 6.80. The number of alkyl halides is 6. The normalized spacial score (nSPS) is 19.8. The largest absolute Gasteiger partial charge is 0.434 e. The Hall–Kier alpha value is -3.47. The molecule has 0 aliphatic carbocycles. The number of carbonyl (C=O) groups excluding carboxylic acids is 1. The highest BCUT2D eigenvalue weighted by Gasteiger charge is 2.40. The lowest BCUT2D eigenvalue weighted by molar-refractivity contribution is -0.141. The zero-order valence-corrected chi connectivity index (χ0v) is 21.3. The number of nitrogens with one attached hydrogen (secondary N) is 2. The highest BCUT2D eigenvalue weighted by atomic mass is 19.4. The van der Waals surface area contributed by atoms with Crippen molar-refractivity contribution < 1.29 is 40.6 Å². The fourth-order valence-corrected chi connectivity index (χ4v) is 4.80. The number of aromatic nitrogens is 4. The Kier molecular flexibility index (Phi) is 8.82. The molecular formula is C23H27F6N7O4. The van der Waals surface area contributed by atoms with Crippen LogP contribution in [0.25, 0.3) is 0 Å². The van der Waals surface area contributed by atoms with Crippen molar-refractivity contribution >= 4 is 17.4 Å². The fraction of sp³-hybridized carbons (Fsp3) is 0.609. The van der Waals surface area contributed by atoms with E-state index in [1.807, 2.05) is 0 Å². The Morgan fingerprint density at radius 2 is 1.73 bits per heavy atom. The molecule has 0 saturated carbocycles. The van der Waals surface area contributed by atoms with Gasteiger partial charge in [-0.15, -0.1) is 0 Å². The quantitative estimate of drug-likeness (QED) is 0.431. The van der Waals surface area contributed by atoms with Crippen LogP contribution in [0.3, 0.4) is 0 Å². The van der Waals surface area contributed by atoms with Crippen molar-refractivity contribution in [3.8, 4) is 0 Å². The maximum atomic E-state index is 13.4. The van der Waals surface area contributed by atoms with Gasteiger partial charge in [-0.3, -0.25) is 9.59 Å². The summed E-state index contributed by atoms with van der Waals surface area (Å²) in [7, 11) is 1.35. The summed E-state index contributed by atoms with van der Waals surface area (Å²) in [6.45, 7) is 1.11. The minimum absolute atomic E-state index is 0.0694. The lowest BCUT2D eigenvalue weighted by Crippen LogP contribution is -2.47. The summed E-state index contributed by atoms with van der Waals surface area (Å²) < 4.78 is 89.2. The third-order valence-electron chi connectivity index (χ3n) is 6.71. The van der Waals surface area contributed by atoms with Gasteiger partial charge in [0.2, 0.25) is 0 Å². The number of piperidine rings is 1. The van der Waals surface area contributed by atoms with Crippen LogP contribution in [0.2, 0.25) is 0 Å². The van der Waals surface area contributed by atoms with Crippen LogP contribution in [0.5, 0.6) is 0 Å². The standard InChI is InChI=1S/C23H27F6N7O4/c1-39-11-13(33-15-8-32-34-20(37)19(15)23(27,28)29)12-40-16-4-7-36(21(16)38)14-2-5-35(6-3-14)18-10-30-17(9-31-18)22(24,25)26/h8-10,13-14,16H,2-7,11-12H2,1H3,(H2,33,34,37)/t13-,16-/m0/s1. The number of hydrogen-bond acceptors (Lipinski definition) is 9. The molecule has 11 nitrogen and oxygen atoms in total. The zero-order chi connectivity index (χ0) is 29.1. The van der Waals surface area contributed by atoms with Gasteiger partial charge in [0.15, 0.2) is 5.69 Å². The number of anilines is 2. The van der Waals surface area contributed by atoms with E-state index in [0.29, 0.717) is 50.9 Å². The summed E-state index contributed by atoms with van der Waals surface area (Å²) in [6.07, 6.45) is -6.19. The summed E-state index contributed by atoms with van der Waals surface area (Å²) >= 11 is 0. The average molecular weight is 580 g/mol. The predicted octanol–water partition coefficient (Wildman–Crippen LogP) is 2.31. The second kappa shape index (κ2) is 12.0. The Labute approximate surface area is 223 Å². The van der Waals surface area contributed by atoms with Gasteiger partial charge < -0.3 is 24.6 Å². The summed E-state index contributed by atoms with van der Waals surface area (Å²) in [4.78, 5) is 35.6. The van der Waals surface area contributed by atoms with Crippen molar-refractivity contribution in [1.82, 2.24) is 25.1 Å². The first-order chi connectivity index (χ1) is 18.9. The summed E-state index contributed by atoms with van der Waals surface area (Å²) in [6, 6.07) is -0.922. The van der Waals surface area contributed by atoms with E-state index in [1.54, 1.807) is 14.9 Å². The number of H-pyrrole nitrogens is 1. The summed E-state index contributed by atoms with van der Waals surface area (Å²) in [5.74, 6) is 0.0686. The highest BCUT2D eigenvalue weighted by molar-refractivity contribution is 5.83. The molecule has 0 unspecified atom stereocenters. The first kappa shape index (κ1) is 29.5. The number of rotatable bonds is 9. The molecule has 2 aromatic rings. The highest BCUT2D eigenvalue weighted by Crippen LogP contribution is 2.32. The molecule has 2 aromatic heterocycles. The fourth-order valence-electron chi connectivity index (χ4n) is 4.80. The van der Waals surface area contributed by atoms with Crippen molar-refractivity contribution in [2.45, 2.75) is 49.8 Å². The van der Waals surface area contributed by atoms with Gasteiger partial charge in [0.25, 0.3) is 11.5 Å². The van der Waals surface area contributed by atoms with E-state index in [9.17, 15) is 35.9 Å². The molecule has 2 N–H and O–H groups in total.